The van der Waals surface area contributed by atoms with Crippen LogP contribution in [0.25, 0.3) is 0 Å². The van der Waals surface area contributed by atoms with E-state index in [2.05, 4.69) is 53.3 Å². The van der Waals surface area contributed by atoms with Crippen molar-refractivity contribution in [3.05, 3.63) is 61.5 Å². The third-order valence-electron chi connectivity index (χ3n) is 3.00. The highest BCUT2D eigenvalue weighted by atomic mass is 79.9. The second kappa shape index (κ2) is 6.17. The van der Waals surface area contributed by atoms with E-state index in [0.29, 0.717) is 10.0 Å². The monoisotopic (exact) mass is 357 g/mol. The fraction of sp³-hybridized carbons (Fsp3) is 0.200. The average Bonchev–Trinajstić information content (AvgIpc) is 2.37. The van der Waals surface area contributed by atoms with Crippen LogP contribution < -0.4 is 5.32 Å². The van der Waals surface area contributed by atoms with Gasteiger partial charge in [0.05, 0.1) is 15.7 Å². The molecule has 2 aromatic carbocycles. The molecule has 0 unspecified atom stereocenters. The summed E-state index contributed by atoms with van der Waals surface area (Å²) in [6.45, 7) is 4.93. The highest BCUT2D eigenvalue weighted by Gasteiger charge is 2.08. The Labute approximate surface area is 132 Å². The van der Waals surface area contributed by atoms with Crippen LogP contribution >= 0.6 is 39.1 Å². The molecule has 0 radical (unpaired) electrons. The van der Waals surface area contributed by atoms with E-state index in [4.69, 9.17) is 23.2 Å². The van der Waals surface area contributed by atoms with Gasteiger partial charge in [0, 0.05) is 11.0 Å². The first-order valence-electron chi connectivity index (χ1n) is 5.92. The number of benzene rings is 2. The van der Waals surface area contributed by atoms with E-state index in [0.717, 1.165) is 16.7 Å². The van der Waals surface area contributed by atoms with Crippen LogP contribution in [0.1, 0.15) is 16.7 Å². The lowest BCUT2D eigenvalue weighted by atomic mass is 10.1. The number of hydrogen-bond acceptors (Lipinski definition) is 1. The molecule has 4 heteroatoms. The second-order valence-corrected chi connectivity index (χ2v) is 6.12. The molecule has 0 fully saturated rings. The molecule has 1 nitrogen and oxygen atoms in total. The lowest BCUT2D eigenvalue weighted by Gasteiger charge is -2.12. The van der Waals surface area contributed by atoms with Crippen molar-refractivity contribution in [2.45, 2.75) is 20.4 Å². The molecule has 2 aromatic rings. The SMILES string of the molecule is Cc1ccc(CNc2ccc(Br)c(Cl)c2Cl)c(C)c1. The molecule has 0 spiro atoms. The summed E-state index contributed by atoms with van der Waals surface area (Å²) in [4.78, 5) is 0. The van der Waals surface area contributed by atoms with Crippen molar-refractivity contribution >= 4 is 44.8 Å². The molecule has 100 valence electrons. The lowest BCUT2D eigenvalue weighted by molar-refractivity contribution is 1.11. The van der Waals surface area contributed by atoms with Gasteiger partial charge < -0.3 is 5.32 Å². The maximum absolute atomic E-state index is 6.21. The first kappa shape index (κ1) is 14.7. The maximum Gasteiger partial charge on any atom is 0.0835 e. The first-order chi connectivity index (χ1) is 8.99. The number of aryl methyl sites for hydroxylation is 2. The second-order valence-electron chi connectivity index (χ2n) is 4.51. The molecule has 0 aliphatic rings. The Morgan fingerprint density at radius 2 is 1.79 bits per heavy atom. The van der Waals surface area contributed by atoms with Crippen molar-refractivity contribution in [2.75, 3.05) is 5.32 Å². The molecular formula is C15H14BrCl2N. The van der Waals surface area contributed by atoms with Gasteiger partial charge in [-0.2, -0.15) is 0 Å². The summed E-state index contributed by atoms with van der Waals surface area (Å²) in [6.07, 6.45) is 0. The van der Waals surface area contributed by atoms with Crippen LogP contribution in [0.3, 0.4) is 0 Å². The zero-order valence-corrected chi connectivity index (χ0v) is 13.8. The molecule has 2 rings (SSSR count). The standard InChI is InChI=1S/C15H14BrCl2N/c1-9-3-4-11(10(2)7-9)8-19-13-6-5-12(16)14(17)15(13)18/h3-7,19H,8H2,1-2H3. The van der Waals surface area contributed by atoms with Crippen molar-refractivity contribution in [1.82, 2.24) is 0 Å². The van der Waals surface area contributed by atoms with E-state index in [9.17, 15) is 0 Å². The fourth-order valence-electron chi connectivity index (χ4n) is 1.90. The Balaban J connectivity index is 2.17. The van der Waals surface area contributed by atoms with E-state index in [1.807, 2.05) is 12.1 Å². The molecule has 0 heterocycles. The summed E-state index contributed by atoms with van der Waals surface area (Å²) < 4.78 is 0.802. The summed E-state index contributed by atoms with van der Waals surface area (Å²) in [5.74, 6) is 0. The fourth-order valence-corrected chi connectivity index (χ4v) is 2.74. The third-order valence-corrected chi connectivity index (χ3v) is 4.77. The van der Waals surface area contributed by atoms with Crippen LogP contribution in [0, 0.1) is 13.8 Å². The number of anilines is 1. The van der Waals surface area contributed by atoms with Gasteiger partial charge in [-0.15, -0.1) is 0 Å². The molecule has 0 saturated heterocycles. The number of halogens is 3. The van der Waals surface area contributed by atoms with Gasteiger partial charge in [0.25, 0.3) is 0 Å². The van der Waals surface area contributed by atoms with Crippen molar-refractivity contribution in [1.29, 1.82) is 0 Å². The average molecular weight is 359 g/mol. The predicted octanol–water partition coefficient (Wildman–Crippen LogP) is 5.98. The Hall–Kier alpha value is -0.700. The van der Waals surface area contributed by atoms with Gasteiger partial charge in [0.15, 0.2) is 0 Å². The smallest absolute Gasteiger partial charge is 0.0835 e. The third kappa shape index (κ3) is 3.44. The van der Waals surface area contributed by atoms with Crippen LogP contribution in [0.4, 0.5) is 5.69 Å². The number of rotatable bonds is 3. The van der Waals surface area contributed by atoms with Crippen LogP contribution in [0.5, 0.6) is 0 Å². The quantitative estimate of drug-likeness (QED) is 0.665. The van der Waals surface area contributed by atoms with E-state index < -0.39 is 0 Å². The maximum atomic E-state index is 6.21. The molecule has 1 N–H and O–H groups in total. The zero-order valence-electron chi connectivity index (χ0n) is 10.7. The topological polar surface area (TPSA) is 12.0 Å². The molecular weight excluding hydrogens is 345 g/mol. The zero-order chi connectivity index (χ0) is 14.0. The summed E-state index contributed by atoms with van der Waals surface area (Å²) in [6, 6.07) is 10.2. The summed E-state index contributed by atoms with van der Waals surface area (Å²) >= 11 is 15.7. The van der Waals surface area contributed by atoms with Gasteiger partial charge in [-0.3, -0.25) is 0 Å². The molecule has 19 heavy (non-hydrogen) atoms. The van der Waals surface area contributed by atoms with Gasteiger partial charge in [-0.05, 0) is 53.0 Å². The van der Waals surface area contributed by atoms with Crippen molar-refractivity contribution in [3.63, 3.8) is 0 Å². The van der Waals surface area contributed by atoms with Crippen molar-refractivity contribution < 1.29 is 0 Å². The molecule has 0 amide bonds. The normalized spacial score (nSPS) is 10.6. The van der Waals surface area contributed by atoms with Crippen molar-refractivity contribution in [3.8, 4) is 0 Å². The van der Waals surface area contributed by atoms with Gasteiger partial charge in [0.2, 0.25) is 0 Å². The molecule has 0 aromatic heterocycles. The summed E-state index contributed by atoms with van der Waals surface area (Å²) in [5.41, 5.74) is 4.63. The van der Waals surface area contributed by atoms with Crippen LogP contribution in [-0.4, -0.2) is 0 Å². The van der Waals surface area contributed by atoms with Crippen LogP contribution in [0.2, 0.25) is 10.0 Å². The Morgan fingerprint density at radius 3 is 2.47 bits per heavy atom. The highest BCUT2D eigenvalue weighted by Crippen LogP contribution is 2.36. The summed E-state index contributed by atoms with van der Waals surface area (Å²) in [5, 5.41) is 4.40. The van der Waals surface area contributed by atoms with Gasteiger partial charge >= 0.3 is 0 Å². The Morgan fingerprint density at radius 1 is 1.05 bits per heavy atom. The van der Waals surface area contributed by atoms with E-state index in [1.54, 1.807) is 0 Å². The molecule has 0 bridgehead atoms. The largest absolute Gasteiger partial charge is 0.380 e. The van der Waals surface area contributed by atoms with Gasteiger partial charge in [-0.1, -0.05) is 47.0 Å². The molecule has 0 atom stereocenters. The van der Waals surface area contributed by atoms with Gasteiger partial charge in [-0.25, -0.2) is 0 Å². The minimum Gasteiger partial charge on any atom is -0.380 e. The van der Waals surface area contributed by atoms with Gasteiger partial charge in [0.1, 0.15) is 0 Å². The van der Waals surface area contributed by atoms with E-state index >= 15 is 0 Å². The summed E-state index contributed by atoms with van der Waals surface area (Å²) in [7, 11) is 0. The van der Waals surface area contributed by atoms with Crippen LogP contribution in [-0.2, 0) is 6.54 Å². The highest BCUT2D eigenvalue weighted by molar-refractivity contribution is 9.10. The molecule has 0 aliphatic carbocycles. The molecule has 0 saturated carbocycles. The number of hydrogen-bond donors (Lipinski definition) is 1. The van der Waals surface area contributed by atoms with Crippen LogP contribution in [0.15, 0.2) is 34.8 Å². The minimum absolute atomic E-state index is 0.535. The van der Waals surface area contributed by atoms with E-state index in [1.165, 1.54) is 16.7 Å². The Bertz CT molecular complexity index is 611. The minimum atomic E-state index is 0.535. The predicted molar refractivity (Wildman–Crippen MR) is 87.4 cm³/mol. The van der Waals surface area contributed by atoms with Crippen molar-refractivity contribution in [2.24, 2.45) is 0 Å². The first-order valence-corrected chi connectivity index (χ1v) is 7.47. The van der Waals surface area contributed by atoms with E-state index in [-0.39, 0.29) is 0 Å². The lowest BCUT2D eigenvalue weighted by Crippen LogP contribution is -2.02. The molecule has 0 aliphatic heterocycles. The Kier molecular flexibility index (Phi) is 4.77. The number of nitrogens with one attached hydrogen (secondary N) is 1.